The predicted octanol–water partition coefficient (Wildman–Crippen LogP) is 9.36. The van der Waals surface area contributed by atoms with Crippen LogP contribution in [0.1, 0.15) is 126 Å². The standard InChI is InChI=1S/C32H52O2/c1-22(13-15-27-24(3)14-16-29(31(27,7)8)34-25(4)33)11-10-12-26-23(2)17-18-32(9)20-19-30(5,6)21-28(26)32/h11,27-29H,3,10,12-21H2,1-2,4-9H3/b22-11+/t27-,28+,29+,32+/m1/s1. The molecule has 2 saturated carbocycles. The lowest BCUT2D eigenvalue weighted by Gasteiger charge is -2.52. The first-order chi connectivity index (χ1) is 15.7. The van der Waals surface area contributed by atoms with Crippen LogP contribution in [0.4, 0.5) is 0 Å². The van der Waals surface area contributed by atoms with E-state index in [-0.39, 0.29) is 17.5 Å². The van der Waals surface area contributed by atoms with Gasteiger partial charge < -0.3 is 4.74 Å². The van der Waals surface area contributed by atoms with E-state index in [0.717, 1.165) is 38.0 Å². The van der Waals surface area contributed by atoms with Crippen LogP contribution in [0.25, 0.3) is 0 Å². The molecular weight excluding hydrogens is 416 g/mol. The maximum absolute atomic E-state index is 11.6. The average molecular weight is 469 g/mol. The molecule has 2 fully saturated rings. The summed E-state index contributed by atoms with van der Waals surface area (Å²) in [4.78, 5) is 11.6. The maximum Gasteiger partial charge on any atom is 0.302 e. The molecule has 34 heavy (non-hydrogen) atoms. The van der Waals surface area contributed by atoms with Crippen molar-refractivity contribution in [2.45, 2.75) is 132 Å². The minimum Gasteiger partial charge on any atom is -0.462 e. The van der Waals surface area contributed by atoms with Crippen molar-refractivity contribution in [2.75, 3.05) is 0 Å². The fraction of sp³-hybridized carbons (Fsp3) is 0.781. The van der Waals surface area contributed by atoms with Crippen LogP contribution in [0.2, 0.25) is 0 Å². The molecule has 0 bridgehead atoms. The molecule has 4 atom stereocenters. The molecule has 0 aromatic carbocycles. The second-order valence-electron chi connectivity index (χ2n) is 13.7. The van der Waals surface area contributed by atoms with Gasteiger partial charge in [0.05, 0.1) is 0 Å². The fourth-order valence-electron chi connectivity index (χ4n) is 7.41. The maximum atomic E-state index is 11.6. The molecule has 2 heteroatoms. The summed E-state index contributed by atoms with van der Waals surface area (Å²) in [6, 6.07) is 0. The summed E-state index contributed by atoms with van der Waals surface area (Å²) in [7, 11) is 0. The van der Waals surface area contributed by atoms with E-state index in [2.05, 4.69) is 61.1 Å². The highest BCUT2D eigenvalue weighted by Gasteiger charge is 2.46. The van der Waals surface area contributed by atoms with Gasteiger partial charge in [-0.1, -0.05) is 69.6 Å². The summed E-state index contributed by atoms with van der Waals surface area (Å²) in [6.07, 6.45) is 15.8. The van der Waals surface area contributed by atoms with Crippen molar-refractivity contribution in [3.63, 3.8) is 0 Å². The van der Waals surface area contributed by atoms with Gasteiger partial charge in [-0.2, -0.15) is 0 Å². The largest absolute Gasteiger partial charge is 0.462 e. The zero-order chi connectivity index (χ0) is 25.3. The number of allylic oxidation sites excluding steroid dienone is 5. The molecule has 3 rings (SSSR count). The third-order valence-corrected chi connectivity index (χ3v) is 10.0. The predicted molar refractivity (Wildman–Crippen MR) is 145 cm³/mol. The Bertz CT molecular complexity index is 839. The van der Waals surface area contributed by atoms with Crippen molar-refractivity contribution in [3.8, 4) is 0 Å². The second kappa shape index (κ2) is 10.4. The molecule has 0 aromatic rings. The number of hydrogen-bond acceptors (Lipinski definition) is 2. The molecule has 0 heterocycles. The Morgan fingerprint density at radius 2 is 1.79 bits per heavy atom. The van der Waals surface area contributed by atoms with Gasteiger partial charge in [0, 0.05) is 12.3 Å². The number of ether oxygens (including phenoxy) is 1. The van der Waals surface area contributed by atoms with Crippen LogP contribution >= 0.6 is 0 Å². The molecule has 0 unspecified atom stereocenters. The quantitative estimate of drug-likeness (QED) is 0.275. The van der Waals surface area contributed by atoms with E-state index in [4.69, 9.17) is 4.74 Å². The van der Waals surface area contributed by atoms with Gasteiger partial charge in [-0.25, -0.2) is 0 Å². The molecule has 3 aliphatic carbocycles. The number of esters is 1. The SMILES string of the molecule is C=C1CC[C@H](OC(C)=O)C(C)(C)[C@@H]1CC/C(C)=C/CCC1=C(C)CC[C@@]2(C)CCC(C)(C)C[C@@H]12. The van der Waals surface area contributed by atoms with E-state index in [1.54, 1.807) is 11.1 Å². The van der Waals surface area contributed by atoms with Crippen molar-refractivity contribution in [3.05, 3.63) is 34.9 Å². The van der Waals surface area contributed by atoms with Crippen LogP contribution in [0, 0.1) is 28.1 Å². The number of fused-ring (bicyclic) bond motifs is 1. The van der Waals surface area contributed by atoms with Crippen LogP contribution in [-0.2, 0) is 9.53 Å². The van der Waals surface area contributed by atoms with Gasteiger partial charge in [-0.3, -0.25) is 4.79 Å². The minimum atomic E-state index is -0.162. The highest BCUT2D eigenvalue weighted by Crippen LogP contribution is 2.57. The fourth-order valence-corrected chi connectivity index (χ4v) is 7.41. The first-order valence-corrected chi connectivity index (χ1v) is 13.9. The minimum absolute atomic E-state index is 0.0000500. The highest BCUT2D eigenvalue weighted by molar-refractivity contribution is 5.66. The molecule has 0 spiro atoms. The van der Waals surface area contributed by atoms with Gasteiger partial charge in [0.25, 0.3) is 0 Å². The molecule has 2 nitrogen and oxygen atoms in total. The Labute approximate surface area is 210 Å². The number of hydrogen-bond donors (Lipinski definition) is 0. The van der Waals surface area contributed by atoms with Crippen LogP contribution in [0.3, 0.4) is 0 Å². The van der Waals surface area contributed by atoms with Crippen LogP contribution in [-0.4, -0.2) is 12.1 Å². The van der Waals surface area contributed by atoms with Crippen molar-refractivity contribution in [2.24, 2.45) is 28.1 Å². The molecule has 192 valence electrons. The molecule has 0 aliphatic heterocycles. The smallest absolute Gasteiger partial charge is 0.302 e. The molecule has 3 aliphatic rings. The first-order valence-electron chi connectivity index (χ1n) is 13.9. The van der Waals surface area contributed by atoms with E-state index >= 15 is 0 Å². The lowest BCUT2D eigenvalue weighted by molar-refractivity contribution is -0.156. The summed E-state index contributed by atoms with van der Waals surface area (Å²) >= 11 is 0. The summed E-state index contributed by atoms with van der Waals surface area (Å²) in [5.41, 5.74) is 7.26. The van der Waals surface area contributed by atoms with E-state index < -0.39 is 0 Å². The molecular formula is C32H52O2. The van der Waals surface area contributed by atoms with E-state index in [1.807, 2.05) is 0 Å². The summed E-state index contributed by atoms with van der Waals surface area (Å²) < 4.78 is 5.70. The monoisotopic (exact) mass is 468 g/mol. The Hall–Kier alpha value is -1.31. The zero-order valence-corrected chi connectivity index (χ0v) is 23.6. The Balaban J connectivity index is 1.60. The van der Waals surface area contributed by atoms with Gasteiger partial charge in [-0.05, 0) is 107 Å². The summed E-state index contributed by atoms with van der Waals surface area (Å²) in [5.74, 6) is 1.02. The van der Waals surface area contributed by atoms with Crippen LogP contribution in [0.15, 0.2) is 34.9 Å². The van der Waals surface area contributed by atoms with Gasteiger partial charge >= 0.3 is 5.97 Å². The number of carbonyl (C=O) groups is 1. The molecule has 0 N–H and O–H groups in total. The van der Waals surface area contributed by atoms with E-state index in [9.17, 15) is 4.79 Å². The van der Waals surface area contributed by atoms with E-state index in [0.29, 0.717) is 16.7 Å². The third kappa shape index (κ3) is 6.08. The van der Waals surface area contributed by atoms with E-state index in [1.165, 1.54) is 56.6 Å². The van der Waals surface area contributed by atoms with Crippen molar-refractivity contribution in [1.29, 1.82) is 0 Å². The van der Waals surface area contributed by atoms with Crippen LogP contribution < -0.4 is 0 Å². The van der Waals surface area contributed by atoms with Crippen molar-refractivity contribution >= 4 is 5.97 Å². The third-order valence-electron chi connectivity index (χ3n) is 10.0. The molecule has 0 amide bonds. The summed E-state index contributed by atoms with van der Waals surface area (Å²) in [5, 5.41) is 0. The second-order valence-corrected chi connectivity index (χ2v) is 13.7. The van der Waals surface area contributed by atoms with Gasteiger partial charge in [0.2, 0.25) is 0 Å². The van der Waals surface area contributed by atoms with Crippen LogP contribution in [0.5, 0.6) is 0 Å². The topological polar surface area (TPSA) is 26.3 Å². The molecule has 0 radical (unpaired) electrons. The van der Waals surface area contributed by atoms with Gasteiger partial charge in [-0.15, -0.1) is 0 Å². The number of carbonyl (C=O) groups excluding carboxylic acids is 1. The highest BCUT2D eigenvalue weighted by atomic mass is 16.5. The summed E-state index contributed by atoms with van der Waals surface area (Å²) in [6.45, 7) is 22.7. The lowest BCUT2D eigenvalue weighted by atomic mass is 9.53. The molecule has 0 aromatic heterocycles. The first kappa shape index (κ1) is 27.3. The lowest BCUT2D eigenvalue weighted by Crippen LogP contribution is -2.43. The molecule has 0 saturated heterocycles. The Morgan fingerprint density at radius 1 is 1.09 bits per heavy atom. The normalized spacial score (nSPS) is 33.5. The van der Waals surface area contributed by atoms with Crippen molar-refractivity contribution < 1.29 is 9.53 Å². The van der Waals surface area contributed by atoms with Gasteiger partial charge in [0.15, 0.2) is 0 Å². The Kier molecular flexibility index (Phi) is 8.31. The Morgan fingerprint density at radius 3 is 2.47 bits per heavy atom. The number of rotatable bonds is 7. The van der Waals surface area contributed by atoms with Gasteiger partial charge in [0.1, 0.15) is 6.10 Å². The van der Waals surface area contributed by atoms with Crippen molar-refractivity contribution in [1.82, 2.24) is 0 Å². The average Bonchev–Trinajstić information content (AvgIpc) is 2.73. The zero-order valence-electron chi connectivity index (χ0n) is 23.6.